The molecule has 1 nitrogen and oxygen atoms in total. The fourth-order valence-electron chi connectivity index (χ4n) is 9.25. The van der Waals surface area contributed by atoms with Gasteiger partial charge in [0.25, 0.3) is 0 Å². The van der Waals surface area contributed by atoms with Crippen molar-refractivity contribution < 1.29 is 0 Å². The second-order valence-electron chi connectivity index (χ2n) is 15.7. The van der Waals surface area contributed by atoms with Gasteiger partial charge in [-0.05, 0) is 144 Å². The van der Waals surface area contributed by atoms with E-state index in [1.54, 1.807) is 0 Å². The van der Waals surface area contributed by atoms with Crippen LogP contribution < -0.4 is 4.90 Å². The van der Waals surface area contributed by atoms with Crippen LogP contribution in [0.5, 0.6) is 0 Å². The first-order valence-corrected chi connectivity index (χ1v) is 20.6. The van der Waals surface area contributed by atoms with E-state index in [1.165, 1.54) is 88.3 Å². The van der Waals surface area contributed by atoms with E-state index in [0.29, 0.717) is 0 Å². The molecule has 0 N–H and O–H groups in total. The van der Waals surface area contributed by atoms with Crippen LogP contribution in [0, 0.1) is 0 Å². The predicted octanol–water partition coefficient (Wildman–Crippen LogP) is 15.5. The number of hydrogen-bond acceptors (Lipinski definition) is 1. The fraction of sp³-hybridized carbons (Fsp3) is 0.0345. The Morgan fingerprint density at radius 1 is 0.339 bits per heavy atom. The number of fused-ring (bicyclic) bond motifs is 4. The van der Waals surface area contributed by atoms with E-state index >= 15 is 0 Å². The maximum atomic E-state index is 2.46. The number of nitrogens with zero attached hydrogens (tertiary/aromatic N) is 1. The van der Waals surface area contributed by atoms with Crippen LogP contribution in [0.3, 0.4) is 0 Å². The molecule has 59 heavy (non-hydrogen) atoms. The zero-order chi connectivity index (χ0) is 39.1. The predicted molar refractivity (Wildman–Crippen MR) is 253 cm³/mol. The molecule has 1 heteroatoms. The van der Waals surface area contributed by atoms with Gasteiger partial charge in [0.1, 0.15) is 0 Å². The molecule has 0 spiro atoms. The van der Waals surface area contributed by atoms with Gasteiger partial charge < -0.3 is 4.90 Å². The summed E-state index contributed by atoms with van der Waals surface area (Å²) in [5, 5.41) is 5.26. The molecular formula is C58H41N. The van der Waals surface area contributed by atoms with Crippen molar-refractivity contribution >= 4 is 74.1 Å². The molecule has 0 radical (unpaired) electrons. The number of anilines is 3. The molecule has 9 aromatic carbocycles. The number of benzene rings is 9. The molecule has 0 unspecified atom stereocenters. The van der Waals surface area contributed by atoms with Crippen molar-refractivity contribution in [3.63, 3.8) is 0 Å². The van der Waals surface area contributed by atoms with Gasteiger partial charge in [-0.1, -0.05) is 182 Å². The molecule has 0 atom stereocenters. The van der Waals surface area contributed by atoms with Gasteiger partial charge in [-0.25, -0.2) is 0 Å². The third-order valence-corrected chi connectivity index (χ3v) is 12.1. The highest BCUT2D eigenvalue weighted by atomic mass is 15.1. The highest BCUT2D eigenvalue weighted by Gasteiger charge is 2.24. The monoisotopic (exact) mass is 751 g/mol. The zero-order valence-electron chi connectivity index (χ0n) is 32.7. The largest absolute Gasteiger partial charge is 0.311 e. The fourth-order valence-corrected chi connectivity index (χ4v) is 9.25. The van der Waals surface area contributed by atoms with Gasteiger partial charge in [0.05, 0.1) is 0 Å². The van der Waals surface area contributed by atoms with E-state index in [4.69, 9.17) is 0 Å². The van der Waals surface area contributed by atoms with E-state index in [1.807, 2.05) is 0 Å². The van der Waals surface area contributed by atoms with Crippen molar-refractivity contribution in [2.45, 2.75) is 12.8 Å². The molecule has 0 saturated carbocycles. The van der Waals surface area contributed by atoms with Crippen LogP contribution in [0.25, 0.3) is 68.1 Å². The van der Waals surface area contributed by atoms with Gasteiger partial charge in [0.2, 0.25) is 0 Å². The van der Waals surface area contributed by atoms with Crippen LogP contribution in [0.1, 0.15) is 44.5 Å². The lowest BCUT2D eigenvalue weighted by Crippen LogP contribution is -2.09. The lowest BCUT2D eigenvalue weighted by Gasteiger charge is -2.26. The summed E-state index contributed by atoms with van der Waals surface area (Å²) in [5.41, 5.74) is 19.0. The van der Waals surface area contributed by atoms with Gasteiger partial charge >= 0.3 is 0 Å². The Hall–Kier alpha value is -7.48. The Morgan fingerprint density at radius 2 is 0.780 bits per heavy atom. The van der Waals surface area contributed by atoms with Crippen LogP contribution in [0.2, 0.25) is 0 Å². The van der Waals surface area contributed by atoms with Gasteiger partial charge in [-0.2, -0.15) is 0 Å². The van der Waals surface area contributed by atoms with E-state index in [-0.39, 0.29) is 0 Å². The maximum Gasteiger partial charge on any atom is 0.0462 e. The summed E-state index contributed by atoms with van der Waals surface area (Å²) in [7, 11) is 0. The van der Waals surface area contributed by atoms with Gasteiger partial charge in [-0.15, -0.1) is 0 Å². The second-order valence-corrected chi connectivity index (χ2v) is 15.7. The van der Waals surface area contributed by atoms with E-state index in [2.05, 4.69) is 229 Å². The highest BCUT2D eigenvalue weighted by Crippen LogP contribution is 2.46. The minimum Gasteiger partial charge on any atom is -0.311 e. The van der Waals surface area contributed by atoms with Crippen molar-refractivity contribution in [2.24, 2.45) is 0 Å². The zero-order valence-corrected chi connectivity index (χ0v) is 32.7. The topological polar surface area (TPSA) is 3.24 Å². The Labute approximate surface area is 346 Å². The van der Waals surface area contributed by atoms with E-state index in [0.717, 1.165) is 29.9 Å². The molecule has 0 fully saturated rings. The molecule has 2 aliphatic carbocycles. The Kier molecular flexibility index (Phi) is 8.71. The van der Waals surface area contributed by atoms with Gasteiger partial charge in [-0.3, -0.25) is 0 Å². The number of rotatable bonds is 8. The summed E-state index contributed by atoms with van der Waals surface area (Å²) >= 11 is 0. The van der Waals surface area contributed by atoms with Gasteiger partial charge in [0, 0.05) is 17.1 Å². The third-order valence-electron chi connectivity index (χ3n) is 12.1. The first-order chi connectivity index (χ1) is 29.2. The molecule has 0 amide bonds. The quantitative estimate of drug-likeness (QED) is 0.110. The summed E-state index contributed by atoms with van der Waals surface area (Å²) in [6.07, 6.45) is 11.1. The van der Waals surface area contributed by atoms with Crippen molar-refractivity contribution in [3.05, 3.63) is 245 Å². The average Bonchev–Trinajstić information content (AvgIpc) is 3.93. The summed E-state index contributed by atoms with van der Waals surface area (Å²) in [6, 6.07) is 73.0. The van der Waals surface area contributed by atoms with Crippen molar-refractivity contribution in [2.75, 3.05) is 4.90 Å². The maximum absolute atomic E-state index is 2.46. The van der Waals surface area contributed by atoms with Crippen molar-refractivity contribution in [1.29, 1.82) is 0 Å². The molecule has 11 rings (SSSR count). The van der Waals surface area contributed by atoms with Crippen LogP contribution in [-0.2, 0) is 12.8 Å². The Morgan fingerprint density at radius 3 is 1.37 bits per heavy atom. The average molecular weight is 752 g/mol. The van der Waals surface area contributed by atoms with Crippen LogP contribution in [0.15, 0.2) is 200 Å². The smallest absolute Gasteiger partial charge is 0.0462 e. The Balaban J connectivity index is 1.01. The SMILES string of the molecule is C1=C(c2c3ccccc3c(C3=Cc4ccccc4C3)c3cc(-c4ccc(N(c5ccccc5)c5ccc(/C=C/c6ccccc6)cc5)cc4)ccc23)Cc2ccccc21. The number of hydrogen-bond donors (Lipinski definition) is 0. The molecular weight excluding hydrogens is 711 g/mol. The summed E-state index contributed by atoms with van der Waals surface area (Å²) in [4.78, 5) is 2.34. The first kappa shape index (κ1) is 34.7. The normalized spacial score (nSPS) is 13.1. The molecule has 0 saturated heterocycles. The number of allylic oxidation sites excluding steroid dienone is 2. The molecule has 0 bridgehead atoms. The second kappa shape index (κ2) is 14.8. The van der Waals surface area contributed by atoms with Crippen LogP contribution in [0.4, 0.5) is 17.1 Å². The first-order valence-electron chi connectivity index (χ1n) is 20.6. The van der Waals surface area contributed by atoms with Crippen LogP contribution in [-0.4, -0.2) is 0 Å². The van der Waals surface area contributed by atoms with E-state index in [9.17, 15) is 0 Å². The summed E-state index contributed by atoms with van der Waals surface area (Å²) in [6.45, 7) is 0. The van der Waals surface area contributed by atoms with Crippen LogP contribution >= 0.6 is 0 Å². The third kappa shape index (κ3) is 6.48. The van der Waals surface area contributed by atoms with E-state index < -0.39 is 0 Å². The lowest BCUT2D eigenvalue weighted by molar-refractivity contribution is 1.28. The molecule has 9 aromatic rings. The summed E-state index contributed by atoms with van der Waals surface area (Å²) in [5.74, 6) is 0. The molecule has 2 aliphatic rings. The lowest BCUT2D eigenvalue weighted by atomic mass is 9.84. The minimum atomic E-state index is 0.932. The van der Waals surface area contributed by atoms with Gasteiger partial charge in [0.15, 0.2) is 0 Å². The highest BCUT2D eigenvalue weighted by molar-refractivity contribution is 6.20. The van der Waals surface area contributed by atoms with Crippen molar-refractivity contribution in [1.82, 2.24) is 0 Å². The van der Waals surface area contributed by atoms with Crippen molar-refractivity contribution in [3.8, 4) is 11.1 Å². The Bertz CT molecular complexity index is 3110. The minimum absolute atomic E-state index is 0.932. The molecule has 278 valence electrons. The standard InChI is InChI=1S/C58H41N/c1-3-13-40(14-4-1)23-24-41-25-30-51(31-26-41)59(50-19-5-2-6-20-50)52-32-27-42(28-33-52)47-29-34-55-56(39-47)58(49-37-45-17-9-10-18-46(45)38-49)54-22-12-11-21-53(54)57(55)48-35-43-15-7-8-16-44(43)36-48/h1-35,37,39H,36,38H2/b24-23+. The number of para-hydroxylation sites is 1. The molecule has 0 heterocycles. The molecule has 0 aromatic heterocycles. The molecule has 0 aliphatic heterocycles. The summed E-state index contributed by atoms with van der Waals surface area (Å²) < 4.78 is 0.